The van der Waals surface area contributed by atoms with Gasteiger partial charge in [-0.3, -0.25) is 9.59 Å². The van der Waals surface area contributed by atoms with Crippen LogP contribution in [-0.4, -0.2) is 23.1 Å². The van der Waals surface area contributed by atoms with E-state index in [0.29, 0.717) is 15.6 Å². The van der Waals surface area contributed by atoms with Crippen LogP contribution in [0.4, 0.5) is 0 Å². The number of hydrazone groups is 1. The quantitative estimate of drug-likeness (QED) is 0.441. The van der Waals surface area contributed by atoms with Crippen molar-refractivity contribution in [3.8, 4) is 5.75 Å². The Kier molecular flexibility index (Phi) is 6.17. The van der Waals surface area contributed by atoms with Crippen molar-refractivity contribution in [3.63, 3.8) is 0 Å². The lowest BCUT2D eigenvalue weighted by Crippen LogP contribution is -2.37. The second kappa shape index (κ2) is 8.33. The third-order valence-corrected chi connectivity index (χ3v) is 3.42. The van der Waals surface area contributed by atoms with Crippen molar-refractivity contribution in [2.24, 2.45) is 5.10 Å². The number of hydrogen-bond donors (Lipinski definition) is 3. The van der Waals surface area contributed by atoms with Crippen LogP contribution in [0.15, 0.2) is 47.6 Å². The number of halogens is 2. The Hall–Kier alpha value is -2.57. The molecule has 2 rings (SSSR count). The van der Waals surface area contributed by atoms with Crippen molar-refractivity contribution < 1.29 is 14.7 Å². The highest BCUT2D eigenvalue weighted by Crippen LogP contribution is 2.19. The van der Waals surface area contributed by atoms with Gasteiger partial charge >= 0.3 is 11.8 Å². The molecule has 0 heterocycles. The fraction of sp³-hybridized carbons (Fsp3) is 0.0625. The van der Waals surface area contributed by atoms with Crippen LogP contribution in [0.5, 0.6) is 5.75 Å². The van der Waals surface area contributed by atoms with Gasteiger partial charge in [-0.2, -0.15) is 5.10 Å². The predicted octanol–water partition coefficient (Wildman–Crippen LogP) is 2.47. The van der Waals surface area contributed by atoms with Crippen LogP contribution in [0.2, 0.25) is 10.0 Å². The normalized spacial score (nSPS) is 10.6. The van der Waals surface area contributed by atoms with E-state index in [-0.39, 0.29) is 12.3 Å². The molecule has 2 amide bonds. The summed E-state index contributed by atoms with van der Waals surface area (Å²) in [7, 11) is 0. The van der Waals surface area contributed by atoms with Crippen LogP contribution in [0.1, 0.15) is 11.1 Å². The number of amides is 2. The minimum atomic E-state index is -0.929. The van der Waals surface area contributed by atoms with E-state index in [1.807, 2.05) is 0 Å². The molecule has 0 saturated carbocycles. The van der Waals surface area contributed by atoms with Crippen LogP contribution in [0.3, 0.4) is 0 Å². The van der Waals surface area contributed by atoms with Gasteiger partial charge in [-0.1, -0.05) is 35.3 Å². The van der Waals surface area contributed by atoms with Crippen LogP contribution >= 0.6 is 23.2 Å². The van der Waals surface area contributed by atoms with Crippen molar-refractivity contribution in [3.05, 3.63) is 63.6 Å². The molecule has 2 aromatic carbocycles. The zero-order chi connectivity index (χ0) is 17.5. The molecule has 3 N–H and O–H groups in total. The van der Waals surface area contributed by atoms with Gasteiger partial charge in [-0.05, 0) is 35.9 Å². The van der Waals surface area contributed by atoms with Gasteiger partial charge in [-0.15, -0.1) is 0 Å². The van der Waals surface area contributed by atoms with Crippen LogP contribution < -0.4 is 10.7 Å². The lowest BCUT2D eigenvalue weighted by molar-refractivity contribution is -0.139. The van der Waals surface area contributed by atoms with Crippen molar-refractivity contribution >= 4 is 41.2 Å². The predicted molar refractivity (Wildman–Crippen MR) is 92.2 cm³/mol. The van der Waals surface area contributed by atoms with Crippen LogP contribution in [0.25, 0.3) is 0 Å². The molecule has 6 nitrogen and oxygen atoms in total. The van der Waals surface area contributed by atoms with Crippen molar-refractivity contribution in [2.45, 2.75) is 6.54 Å². The van der Waals surface area contributed by atoms with Gasteiger partial charge in [0.15, 0.2) is 0 Å². The molecular weight excluding hydrogens is 353 g/mol. The highest BCUT2D eigenvalue weighted by atomic mass is 35.5. The summed E-state index contributed by atoms with van der Waals surface area (Å²) in [5.74, 6) is -1.82. The Bertz CT molecular complexity index is 777. The maximum Gasteiger partial charge on any atom is 0.329 e. The van der Waals surface area contributed by atoms with Gasteiger partial charge in [0.2, 0.25) is 0 Å². The number of carbonyl (C=O) groups excluding carboxylic acids is 2. The molecule has 0 spiro atoms. The first-order chi connectivity index (χ1) is 11.5. The van der Waals surface area contributed by atoms with E-state index in [1.165, 1.54) is 24.4 Å². The first kappa shape index (κ1) is 17.8. The SMILES string of the molecule is O=C(NCc1ccc(Cl)cc1)C(=O)N/N=C/c1cc(Cl)ccc1O. The van der Waals surface area contributed by atoms with Gasteiger partial charge < -0.3 is 10.4 Å². The highest BCUT2D eigenvalue weighted by molar-refractivity contribution is 6.35. The molecule has 0 aliphatic rings. The molecular formula is C16H13Cl2N3O3. The van der Waals surface area contributed by atoms with Crippen molar-refractivity contribution in [1.29, 1.82) is 0 Å². The topological polar surface area (TPSA) is 90.8 Å². The number of carbonyl (C=O) groups is 2. The fourth-order valence-electron chi connectivity index (χ4n) is 1.70. The van der Waals surface area contributed by atoms with E-state index in [9.17, 15) is 14.7 Å². The number of hydrogen-bond acceptors (Lipinski definition) is 4. The number of benzene rings is 2. The summed E-state index contributed by atoms with van der Waals surface area (Å²) in [6, 6.07) is 11.2. The molecule has 2 aromatic rings. The average Bonchev–Trinajstić information content (AvgIpc) is 2.57. The molecule has 0 bridgehead atoms. The van der Waals surface area contributed by atoms with E-state index < -0.39 is 11.8 Å². The molecule has 0 saturated heterocycles. The Morgan fingerprint density at radius 2 is 1.71 bits per heavy atom. The van der Waals surface area contributed by atoms with E-state index in [2.05, 4.69) is 15.8 Å². The van der Waals surface area contributed by atoms with E-state index in [0.717, 1.165) is 5.56 Å². The standard InChI is InChI=1S/C16H13Cl2N3O3/c17-12-3-1-10(2-4-12)8-19-15(23)16(24)21-20-9-11-7-13(18)5-6-14(11)22/h1-7,9,22H,8H2,(H,19,23)(H,21,24)/b20-9+. The third kappa shape index (κ3) is 5.26. The summed E-state index contributed by atoms with van der Waals surface area (Å²) in [5, 5.41) is 16.6. The molecule has 0 aliphatic heterocycles. The summed E-state index contributed by atoms with van der Waals surface area (Å²) in [5.41, 5.74) is 3.17. The number of nitrogens with one attached hydrogen (secondary N) is 2. The molecule has 0 radical (unpaired) electrons. The Morgan fingerprint density at radius 3 is 2.42 bits per heavy atom. The monoisotopic (exact) mass is 365 g/mol. The smallest absolute Gasteiger partial charge is 0.329 e. The van der Waals surface area contributed by atoms with E-state index in [1.54, 1.807) is 24.3 Å². The largest absolute Gasteiger partial charge is 0.507 e. The van der Waals surface area contributed by atoms with Crippen molar-refractivity contribution in [1.82, 2.24) is 10.7 Å². The Balaban J connectivity index is 1.85. The van der Waals surface area contributed by atoms with E-state index in [4.69, 9.17) is 23.2 Å². The number of nitrogens with zero attached hydrogens (tertiary/aromatic N) is 1. The molecule has 0 fully saturated rings. The second-order valence-electron chi connectivity index (χ2n) is 4.71. The Labute approximate surface area is 148 Å². The highest BCUT2D eigenvalue weighted by Gasteiger charge is 2.12. The van der Waals surface area contributed by atoms with E-state index >= 15 is 0 Å². The molecule has 0 unspecified atom stereocenters. The molecule has 0 atom stereocenters. The first-order valence-corrected chi connectivity index (χ1v) is 7.55. The molecule has 24 heavy (non-hydrogen) atoms. The average molecular weight is 366 g/mol. The minimum absolute atomic E-state index is 0.0513. The zero-order valence-electron chi connectivity index (χ0n) is 12.3. The van der Waals surface area contributed by atoms with Gasteiger partial charge in [0.05, 0.1) is 6.21 Å². The maximum absolute atomic E-state index is 11.7. The number of phenols is 1. The van der Waals surface area contributed by atoms with Crippen LogP contribution in [0, 0.1) is 0 Å². The number of aromatic hydroxyl groups is 1. The Morgan fingerprint density at radius 1 is 1.04 bits per heavy atom. The van der Waals surface area contributed by atoms with Gasteiger partial charge in [0.1, 0.15) is 5.75 Å². The summed E-state index contributed by atoms with van der Waals surface area (Å²) < 4.78 is 0. The summed E-state index contributed by atoms with van der Waals surface area (Å²) in [4.78, 5) is 23.3. The first-order valence-electron chi connectivity index (χ1n) is 6.80. The lowest BCUT2D eigenvalue weighted by atomic mass is 10.2. The lowest BCUT2D eigenvalue weighted by Gasteiger charge is -2.04. The van der Waals surface area contributed by atoms with Gasteiger partial charge in [0, 0.05) is 22.2 Å². The molecule has 0 aromatic heterocycles. The summed E-state index contributed by atoms with van der Waals surface area (Å²) in [6.45, 7) is 0.183. The molecule has 0 aliphatic carbocycles. The third-order valence-electron chi connectivity index (χ3n) is 2.93. The molecule has 124 valence electrons. The number of rotatable bonds is 4. The fourth-order valence-corrected chi connectivity index (χ4v) is 2.01. The maximum atomic E-state index is 11.7. The van der Waals surface area contributed by atoms with Crippen molar-refractivity contribution in [2.75, 3.05) is 0 Å². The summed E-state index contributed by atoms with van der Waals surface area (Å²) in [6.07, 6.45) is 1.19. The van der Waals surface area contributed by atoms with Gasteiger partial charge in [-0.25, -0.2) is 5.43 Å². The van der Waals surface area contributed by atoms with Gasteiger partial charge in [0.25, 0.3) is 0 Å². The minimum Gasteiger partial charge on any atom is -0.507 e. The number of phenolic OH excluding ortho intramolecular Hbond substituents is 1. The zero-order valence-corrected chi connectivity index (χ0v) is 13.8. The van der Waals surface area contributed by atoms with Crippen LogP contribution in [-0.2, 0) is 16.1 Å². The second-order valence-corrected chi connectivity index (χ2v) is 5.58. The summed E-state index contributed by atoms with van der Waals surface area (Å²) >= 11 is 11.5. The molecule has 8 heteroatoms.